The normalized spacial score (nSPS) is 18.4. The van der Waals surface area contributed by atoms with Crippen LogP contribution in [-0.4, -0.2) is 57.6 Å². The number of rotatable bonds is 19. The number of likely N-dealkylation sites (tertiary alicyclic amines) is 1. The molecule has 0 spiro atoms. The van der Waals surface area contributed by atoms with E-state index in [1.165, 1.54) is 50.5 Å². The van der Waals surface area contributed by atoms with E-state index in [9.17, 15) is 4.79 Å². The number of carbonyl (C=O) groups is 1. The van der Waals surface area contributed by atoms with Gasteiger partial charge in [-0.25, -0.2) is 0 Å². The van der Waals surface area contributed by atoms with Crippen molar-refractivity contribution < 1.29 is 18.7 Å². The molecule has 290 valence electrons. The van der Waals surface area contributed by atoms with Gasteiger partial charge in [-0.2, -0.15) is 0 Å². The Morgan fingerprint density at radius 1 is 0.925 bits per heavy atom. The van der Waals surface area contributed by atoms with Gasteiger partial charge >= 0.3 is 0 Å². The van der Waals surface area contributed by atoms with Gasteiger partial charge in [0.2, 0.25) is 11.7 Å². The molecule has 0 radical (unpaired) electrons. The van der Waals surface area contributed by atoms with Crippen LogP contribution in [0.3, 0.4) is 0 Å². The molecular formula is C45H67N3O4Si. The van der Waals surface area contributed by atoms with Crippen molar-refractivity contribution in [1.29, 1.82) is 0 Å². The molecule has 2 aliphatic heterocycles. The van der Waals surface area contributed by atoms with Gasteiger partial charge < -0.3 is 29.9 Å². The number of fused-ring (bicyclic) bond motifs is 1. The van der Waals surface area contributed by atoms with Gasteiger partial charge in [0, 0.05) is 32.5 Å². The zero-order valence-corrected chi connectivity index (χ0v) is 34.7. The molecule has 2 heterocycles. The first-order chi connectivity index (χ1) is 25.2. The average Bonchev–Trinajstić information content (AvgIpc) is 3.59. The van der Waals surface area contributed by atoms with Crippen LogP contribution in [0.25, 0.3) is 0 Å². The fourth-order valence-corrected chi connectivity index (χ4v) is 9.22. The van der Waals surface area contributed by atoms with Crippen molar-refractivity contribution in [2.45, 2.75) is 128 Å². The van der Waals surface area contributed by atoms with E-state index in [-0.39, 0.29) is 23.0 Å². The number of hydrogen-bond acceptors (Lipinski definition) is 6. The number of primary amides is 1. The number of nitrogens with one attached hydrogen (secondary N) is 1. The summed E-state index contributed by atoms with van der Waals surface area (Å²) in [4.78, 5) is 15.9. The molecule has 1 amide bonds. The van der Waals surface area contributed by atoms with E-state index in [4.69, 9.17) is 19.6 Å². The van der Waals surface area contributed by atoms with Crippen LogP contribution in [-0.2, 0) is 26.0 Å². The SMILES string of the molecule is CC1(C)OCc2cc([C@H](CNCCCCCCCCCN3CC[C@@H](C(C(N)=O)(c4ccccc4)c4ccccc4)C3)O[Si](C)(C)C(C)(C)C)ccc2O1. The van der Waals surface area contributed by atoms with E-state index < -0.39 is 19.5 Å². The lowest BCUT2D eigenvalue weighted by Crippen LogP contribution is -2.49. The van der Waals surface area contributed by atoms with Crippen molar-refractivity contribution >= 4 is 14.2 Å². The third-order valence-corrected chi connectivity index (χ3v) is 16.5. The predicted octanol–water partition coefficient (Wildman–Crippen LogP) is 9.51. The van der Waals surface area contributed by atoms with Crippen molar-refractivity contribution in [3.8, 4) is 5.75 Å². The summed E-state index contributed by atoms with van der Waals surface area (Å²) in [6, 6.07) is 26.8. The maximum absolute atomic E-state index is 13.4. The van der Waals surface area contributed by atoms with Gasteiger partial charge in [0.15, 0.2) is 8.32 Å². The van der Waals surface area contributed by atoms with Crippen LogP contribution < -0.4 is 15.8 Å². The van der Waals surface area contributed by atoms with Crippen LogP contribution in [0.5, 0.6) is 5.75 Å². The molecule has 53 heavy (non-hydrogen) atoms. The number of nitrogens with two attached hydrogens (primary N) is 1. The number of benzene rings is 3. The lowest BCUT2D eigenvalue weighted by Gasteiger charge is -2.40. The molecule has 5 rings (SSSR count). The Labute approximate surface area is 321 Å². The van der Waals surface area contributed by atoms with Gasteiger partial charge in [-0.3, -0.25) is 4.79 Å². The fourth-order valence-electron chi connectivity index (χ4n) is 7.94. The van der Waals surface area contributed by atoms with E-state index in [0.29, 0.717) is 6.61 Å². The lowest BCUT2D eigenvalue weighted by molar-refractivity contribution is -0.180. The van der Waals surface area contributed by atoms with Gasteiger partial charge in [-0.15, -0.1) is 0 Å². The van der Waals surface area contributed by atoms with Crippen LogP contribution in [0.15, 0.2) is 78.9 Å². The Morgan fingerprint density at radius 2 is 1.53 bits per heavy atom. The summed E-state index contributed by atoms with van der Waals surface area (Å²) in [5, 5.41) is 3.87. The third kappa shape index (κ3) is 10.4. The highest BCUT2D eigenvalue weighted by Crippen LogP contribution is 2.44. The maximum Gasteiger partial charge on any atom is 0.232 e. The summed E-state index contributed by atoms with van der Waals surface area (Å²) < 4.78 is 19.0. The highest BCUT2D eigenvalue weighted by atomic mass is 28.4. The summed E-state index contributed by atoms with van der Waals surface area (Å²) in [6.07, 6.45) is 9.65. The first-order valence-corrected chi connectivity index (χ1v) is 23.1. The first-order valence-electron chi connectivity index (χ1n) is 20.2. The number of amides is 1. The smallest absolute Gasteiger partial charge is 0.232 e. The lowest BCUT2D eigenvalue weighted by atomic mass is 9.64. The number of unbranched alkanes of at least 4 members (excludes halogenated alkanes) is 6. The topological polar surface area (TPSA) is 86.1 Å². The summed E-state index contributed by atoms with van der Waals surface area (Å²) in [5.74, 6) is 0.213. The van der Waals surface area contributed by atoms with Crippen molar-refractivity contribution in [2.24, 2.45) is 11.7 Å². The highest BCUT2D eigenvalue weighted by molar-refractivity contribution is 6.74. The Kier molecular flexibility index (Phi) is 14.0. The van der Waals surface area contributed by atoms with Gasteiger partial charge in [0.05, 0.1) is 12.7 Å². The standard InChI is InChI=1S/C45H67N3O4Si/c1-43(2,3)53(6,7)52-41(35-25-26-40-36(31-35)34-50-44(4,5)51-40)32-47-28-19-11-9-8-10-12-20-29-48-30-27-39(33-48)45(42(46)49,37-21-15-13-16-22-37)38-23-17-14-18-24-38/h13-18,21-26,31,39,41,47H,8-12,19-20,27-30,32-34H2,1-7H3,(H2,46,49)/t39-,41+/m1/s1. The summed E-state index contributed by atoms with van der Waals surface area (Å²) >= 11 is 0. The molecular weight excluding hydrogens is 675 g/mol. The molecule has 2 atom stereocenters. The summed E-state index contributed by atoms with van der Waals surface area (Å²) in [5.41, 5.74) is 9.77. The molecule has 0 aromatic heterocycles. The molecule has 0 unspecified atom stereocenters. The van der Waals surface area contributed by atoms with Crippen LogP contribution in [0.2, 0.25) is 18.1 Å². The zero-order chi connectivity index (χ0) is 38.1. The minimum absolute atomic E-state index is 0.00842. The zero-order valence-electron chi connectivity index (χ0n) is 33.7. The molecule has 0 aliphatic carbocycles. The van der Waals surface area contributed by atoms with Gasteiger partial charge in [-0.1, -0.05) is 120 Å². The molecule has 3 N–H and O–H groups in total. The average molecular weight is 742 g/mol. The molecule has 7 nitrogen and oxygen atoms in total. The van der Waals surface area contributed by atoms with Crippen molar-refractivity contribution in [3.63, 3.8) is 0 Å². The van der Waals surface area contributed by atoms with Gasteiger partial charge in [0.25, 0.3) is 0 Å². The minimum Gasteiger partial charge on any atom is -0.463 e. The molecule has 3 aromatic carbocycles. The van der Waals surface area contributed by atoms with E-state index in [1.54, 1.807) is 0 Å². The van der Waals surface area contributed by atoms with E-state index in [1.807, 2.05) is 50.2 Å². The number of hydrogen-bond donors (Lipinski definition) is 2. The van der Waals surface area contributed by atoms with E-state index >= 15 is 0 Å². The van der Waals surface area contributed by atoms with Crippen LogP contribution in [0.1, 0.15) is 114 Å². The number of carbonyl (C=O) groups excluding carboxylic acids is 1. The quantitative estimate of drug-likeness (QED) is 0.0941. The Hall–Kier alpha value is -3.01. The van der Waals surface area contributed by atoms with Crippen LogP contribution in [0.4, 0.5) is 0 Å². The van der Waals surface area contributed by atoms with Crippen molar-refractivity contribution in [3.05, 3.63) is 101 Å². The summed E-state index contributed by atoms with van der Waals surface area (Å²) in [7, 11) is -1.98. The van der Waals surface area contributed by atoms with E-state index in [0.717, 1.165) is 61.6 Å². The summed E-state index contributed by atoms with van der Waals surface area (Å²) in [6.45, 7) is 20.8. The van der Waals surface area contributed by atoms with Crippen LogP contribution in [0, 0.1) is 5.92 Å². The Bertz CT molecular complexity index is 1550. The largest absolute Gasteiger partial charge is 0.463 e. The first kappa shape index (κ1) is 41.2. The molecule has 2 aliphatic rings. The predicted molar refractivity (Wildman–Crippen MR) is 220 cm³/mol. The van der Waals surface area contributed by atoms with Gasteiger partial charge in [-0.05, 0) is 91.8 Å². The third-order valence-electron chi connectivity index (χ3n) is 12.0. The maximum atomic E-state index is 13.4. The molecule has 1 saturated heterocycles. The minimum atomic E-state index is -1.98. The fraction of sp³-hybridized carbons (Fsp3) is 0.578. The van der Waals surface area contributed by atoms with Crippen LogP contribution >= 0.6 is 0 Å². The number of nitrogens with zero attached hydrogens (tertiary/aromatic N) is 1. The second-order valence-electron chi connectivity index (χ2n) is 17.4. The molecule has 1 fully saturated rings. The molecule has 8 heteroatoms. The second kappa shape index (κ2) is 18.1. The van der Waals surface area contributed by atoms with Crippen molar-refractivity contribution in [1.82, 2.24) is 10.2 Å². The monoisotopic (exact) mass is 741 g/mol. The molecule has 3 aromatic rings. The highest BCUT2D eigenvalue weighted by Gasteiger charge is 2.49. The van der Waals surface area contributed by atoms with E-state index in [2.05, 4.69) is 86.5 Å². The van der Waals surface area contributed by atoms with Gasteiger partial charge in [0.1, 0.15) is 11.2 Å². The molecule has 0 saturated carbocycles. The second-order valence-corrected chi connectivity index (χ2v) is 22.2. The Morgan fingerprint density at radius 3 is 2.13 bits per heavy atom. The molecule has 0 bridgehead atoms. The number of ether oxygens (including phenoxy) is 2. The Balaban J connectivity index is 1.02. The van der Waals surface area contributed by atoms with Crippen molar-refractivity contribution in [2.75, 3.05) is 32.7 Å².